The van der Waals surface area contributed by atoms with Crippen molar-refractivity contribution in [3.8, 4) is 0 Å². The van der Waals surface area contributed by atoms with Crippen molar-refractivity contribution in [2.45, 2.75) is 51.7 Å². The van der Waals surface area contributed by atoms with Gasteiger partial charge in [-0.3, -0.25) is 4.79 Å². The van der Waals surface area contributed by atoms with Gasteiger partial charge in [-0.05, 0) is 81.5 Å². The number of nitrogens with zero attached hydrogens (tertiary/aromatic N) is 3. The second-order valence-corrected chi connectivity index (χ2v) is 11.2. The van der Waals surface area contributed by atoms with Gasteiger partial charge in [-0.1, -0.05) is 12.1 Å². The number of ether oxygens (including phenoxy) is 1. The van der Waals surface area contributed by atoms with Gasteiger partial charge in [0.05, 0.1) is 5.56 Å². The standard InChI is InChI=1S/C29H39N5O3/c1-29(2,3)37-28(36)21-9-11-22(12-10-21)31-27(35)26-24-7-6-8-25(23(24)13-14-30-26)32-17-19-34(20-18-32)33-15-4-5-16-33/h6-12,26,30H,4-5,13-20H2,1-3H3,(H,31,35). The van der Waals surface area contributed by atoms with Crippen molar-refractivity contribution in [1.29, 1.82) is 0 Å². The molecule has 0 radical (unpaired) electrons. The first-order valence-electron chi connectivity index (χ1n) is 13.5. The van der Waals surface area contributed by atoms with Crippen LogP contribution >= 0.6 is 0 Å². The first-order valence-corrected chi connectivity index (χ1v) is 13.5. The summed E-state index contributed by atoms with van der Waals surface area (Å²) in [6.07, 6.45) is 3.51. The molecule has 1 unspecified atom stereocenters. The molecule has 3 aliphatic heterocycles. The smallest absolute Gasteiger partial charge is 0.338 e. The lowest BCUT2D eigenvalue weighted by molar-refractivity contribution is -0.118. The van der Waals surface area contributed by atoms with E-state index in [9.17, 15) is 9.59 Å². The number of nitrogens with one attached hydrogen (secondary N) is 2. The topological polar surface area (TPSA) is 77.1 Å². The summed E-state index contributed by atoms with van der Waals surface area (Å²) in [5.74, 6) is -0.469. The van der Waals surface area contributed by atoms with Crippen LogP contribution in [0.25, 0.3) is 0 Å². The summed E-state index contributed by atoms with van der Waals surface area (Å²) in [6, 6.07) is 12.8. The second-order valence-electron chi connectivity index (χ2n) is 11.2. The Balaban J connectivity index is 1.25. The maximum absolute atomic E-state index is 13.3. The minimum atomic E-state index is -0.551. The number of fused-ring (bicyclic) bond motifs is 1. The zero-order valence-electron chi connectivity index (χ0n) is 22.3. The second kappa shape index (κ2) is 10.8. The first-order chi connectivity index (χ1) is 17.8. The van der Waals surface area contributed by atoms with Crippen molar-refractivity contribution in [2.24, 2.45) is 0 Å². The van der Waals surface area contributed by atoms with Crippen molar-refractivity contribution in [3.05, 3.63) is 59.2 Å². The Hall–Kier alpha value is -2.94. The van der Waals surface area contributed by atoms with Gasteiger partial charge in [0.2, 0.25) is 5.91 Å². The van der Waals surface area contributed by atoms with Crippen molar-refractivity contribution in [2.75, 3.05) is 56.0 Å². The van der Waals surface area contributed by atoms with Crippen LogP contribution in [0.5, 0.6) is 0 Å². The van der Waals surface area contributed by atoms with Gasteiger partial charge in [-0.15, -0.1) is 0 Å². The Bertz CT molecular complexity index is 1110. The highest BCUT2D eigenvalue weighted by molar-refractivity contribution is 5.97. The maximum atomic E-state index is 13.3. The Morgan fingerprint density at radius 1 is 0.919 bits per heavy atom. The van der Waals surface area contributed by atoms with Gasteiger partial charge in [0, 0.05) is 57.2 Å². The third kappa shape index (κ3) is 5.98. The zero-order chi connectivity index (χ0) is 26.0. The molecule has 2 aromatic carbocycles. The third-order valence-electron chi connectivity index (χ3n) is 7.35. The highest BCUT2D eigenvalue weighted by atomic mass is 16.6. The Labute approximate surface area is 219 Å². The number of benzene rings is 2. The summed E-state index contributed by atoms with van der Waals surface area (Å²) in [5.41, 5.74) is 4.15. The van der Waals surface area contributed by atoms with Crippen molar-refractivity contribution < 1.29 is 14.3 Å². The molecular formula is C29H39N5O3. The molecule has 198 valence electrons. The molecular weight excluding hydrogens is 466 g/mol. The molecule has 2 fully saturated rings. The molecule has 1 atom stereocenters. The monoisotopic (exact) mass is 505 g/mol. The molecule has 3 heterocycles. The normalized spacial score (nSPS) is 20.9. The summed E-state index contributed by atoms with van der Waals surface area (Å²) in [6.45, 7) is 12.8. The minimum Gasteiger partial charge on any atom is -0.456 e. The molecule has 1 amide bonds. The van der Waals surface area contributed by atoms with Gasteiger partial charge in [-0.25, -0.2) is 14.8 Å². The number of rotatable bonds is 5. The van der Waals surface area contributed by atoms with Gasteiger partial charge in [-0.2, -0.15) is 0 Å². The van der Waals surface area contributed by atoms with E-state index in [1.54, 1.807) is 24.3 Å². The minimum absolute atomic E-state index is 0.0954. The molecule has 8 nitrogen and oxygen atoms in total. The van der Waals surface area contributed by atoms with Crippen LogP contribution in [0.2, 0.25) is 0 Å². The van der Waals surface area contributed by atoms with Gasteiger partial charge >= 0.3 is 5.97 Å². The maximum Gasteiger partial charge on any atom is 0.338 e. The highest BCUT2D eigenvalue weighted by Gasteiger charge is 2.30. The lowest BCUT2D eigenvalue weighted by Gasteiger charge is -2.41. The van der Waals surface area contributed by atoms with E-state index in [2.05, 4.69) is 43.8 Å². The largest absolute Gasteiger partial charge is 0.456 e. The number of hydrogen-bond donors (Lipinski definition) is 2. The molecule has 5 rings (SSSR count). The average molecular weight is 506 g/mol. The van der Waals surface area contributed by atoms with Crippen LogP contribution in [0, 0.1) is 0 Å². The molecule has 0 bridgehead atoms. The molecule has 8 heteroatoms. The highest BCUT2D eigenvalue weighted by Crippen LogP contribution is 2.33. The first kappa shape index (κ1) is 25.7. The van der Waals surface area contributed by atoms with Gasteiger partial charge < -0.3 is 20.3 Å². The predicted molar refractivity (Wildman–Crippen MR) is 146 cm³/mol. The van der Waals surface area contributed by atoms with Crippen LogP contribution < -0.4 is 15.5 Å². The van der Waals surface area contributed by atoms with Crippen LogP contribution in [0.3, 0.4) is 0 Å². The Morgan fingerprint density at radius 2 is 1.59 bits per heavy atom. The Kier molecular flexibility index (Phi) is 7.51. The molecule has 3 aliphatic rings. The van der Waals surface area contributed by atoms with Gasteiger partial charge in [0.1, 0.15) is 11.6 Å². The quantitative estimate of drug-likeness (QED) is 0.602. The van der Waals surface area contributed by atoms with Crippen molar-refractivity contribution in [1.82, 2.24) is 15.3 Å². The molecule has 2 N–H and O–H groups in total. The fourth-order valence-electron chi connectivity index (χ4n) is 5.56. The van der Waals surface area contributed by atoms with Gasteiger partial charge in [0.15, 0.2) is 0 Å². The molecule has 2 saturated heterocycles. The fourth-order valence-corrected chi connectivity index (χ4v) is 5.56. The van der Waals surface area contributed by atoms with E-state index < -0.39 is 11.6 Å². The number of hydrogen-bond acceptors (Lipinski definition) is 7. The summed E-state index contributed by atoms with van der Waals surface area (Å²) in [7, 11) is 0. The molecule has 2 aromatic rings. The molecule has 0 aromatic heterocycles. The van der Waals surface area contributed by atoms with E-state index in [0.29, 0.717) is 11.3 Å². The molecule has 0 saturated carbocycles. The molecule has 37 heavy (non-hydrogen) atoms. The Morgan fingerprint density at radius 3 is 2.27 bits per heavy atom. The van der Waals surface area contributed by atoms with Crippen LogP contribution in [0.4, 0.5) is 11.4 Å². The van der Waals surface area contributed by atoms with E-state index in [0.717, 1.165) is 44.7 Å². The zero-order valence-corrected chi connectivity index (χ0v) is 22.3. The van der Waals surface area contributed by atoms with E-state index in [1.165, 1.54) is 37.2 Å². The lowest BCUT2D eigenvalue weighted by atomic mass is 9.91. The number of carbonyl (C=O) groups excluding carboxylic acids is 2. The molecule has 0 aliphatic carbocycles. The number of hydrazine groups is 1. The number of amides is 1. The average Bonchev–Trinajstić information content (AvgIpc) is 3.43. The molecule has 0 spiro atoms. The summed E-state index contributed by atoms with van der Waals surface area (Å²) >= 11 is 0. The van der Waals surface area contributed by atoms with Crippen molar-refractivity contribution in [3.63, 3.8) is 0 Å². The third-order valence-corrected chi connectivity index (χ3v) is 7.35. The SMILES string of the molecule is CC(C)(C)OC(=O)c1ccc(NC(=O)C2NCCc3c2cccc3N2CCN(N3CCCC3)CC2)cc1. The summed E-state index contributed by atoms with van der Waals surface area (Å²) in [5, 5.41) is 11.5. The predicted octanol–water partition coefficient (Wildman–Crippen LogP) is 3.60. The van der Waals surface area contributed by atoms with E-state index in [4.69, 9.17) is 4.74 Å². The van der Waals surface area contributed by atoms with Gasteiger partial charge in [0.25, 0.3) is 0 Å². The number of carbonyl (C=O) groups is 2. The number of esters is 1. The summed E-state index contributed by atoms with van der Waals surface area (Å²) in [4.78, 5) is 28.1. The lowest BCUT2D eigenvalue weighted by Crippen LogP contribution is -2.53. The van der Waals surface area contributed by atoms with E-state index in [1.807, 2.05) is 20.8 Å². The van der Waals surface area contributed by atoms with E-state index >= 15 is 0 Å². The number of piperazine rings is 1. The van der Waals surface area contributed by atoms with Crippen LogP contribution in [0.1, 0.15) is 61.1 Å². The van der Waals surface area contributed by atoms with Crippen LogP contribution in [-0.4, -0.2) is 73.3 Å². The van der Waals surface area contributed by atoms with Crippen LogP contribution in [-0.2, 0) is 16.0 Å². The number of anilines is 2. The van der Waals surface area contributed by atoms with Crippen molar-refractivity contribution >= 4 is 23.3 Å². The fraction of sp³-hybridized carbons (Fsp3) is 0.517. The summed E-state index contributed by atoms with van der Waals surface area (Å²) < 4.78 is 5.43. The van der Waals surface area contributed by atoms with Crippen LogP contribution in [0.15, 0.2) is 42.5 Å². The van der Waals surface area contributed by atoms with E-state index in [-0.39, 0.29) is 11.9 Å².